The molecule has 10 heteroatoms. The van der Waals surface area contributed by atoms with Crippen LogP contribution < -0.4 is 10.1 Å². The smallest absolute Gasteiger partial charge is 0.328 e. The zero-order valence-electron chi connectivity index (χ0n) is 19.7. The molecule has 1 atom stereocenters. The van der Waals surface area contributed by atoms with E-state index in [2.05, 4.69) is 10.3 Å². The lowest BCUT2D eigenvalue weighted by atomic mass is 9.94. The summed E-state index contributed by atoms with van der Waals surface area (Å²) in [5.74, 6) is -3.71. The number of ether oxygens (including phenoxy) is 2. The van der Waals surface area contributed by atoms with Crippen molar-refractivity contribution in [1.82, 2.24) is 10.3 Å². The average molecular weight is 545 g/mol. The number of esters is 1. The third-order valence-electron chi connectivity index (χ3n) is 5.80. The van der Waals surface area contributed by atoms with Crippen molar-refractivity contribution in [1.29, 1.82) is 0 Å². The molecular weight excluding hydrogens is 525 g/mol. The minimum atomic E-state index is -1.10. The van der Waals surface area contributed by atoms with Gasteiger partial charge in [0.1, 0.15) is 6.04 Å². The van der Waals surface area contributed by atoms with E-state index in [9.17, 15) is 18.4 Å². The van der Waals surface area contributed by atoms with E-state index in [0.717, 1.165) is 6.07 Å². The summed E-state index contributed by atoms with van der Waals surface area (Å²) in [6, 6.07) is 12.8. The Morgan fingerprint density at radius 3 is 2.35 bits per heavy atom. The molecule has 0 bridgehead atoms. The van der Waals surface area contributed by atoms with Crippen molar-refractivity contribution in [3.8, 4) is 16.9 Å². The molecule has 4 rings (SSSR count). The van der Waals surface area contributed by atoms with Crippen LogP contribution in [0.25, 0.3) is 22.0 Å². The molecule has 190 valence electrons. The quantitative estimate of drug-likeness (QED) is 0.288. The van der Waals surface area contributed by atoms with E-state index in [0.29, 0.717) is 27.6 Å². The van der Waals surface area contributed by atoms with Gasteiger partial charge in [0.2, 0.25) is 5.82 Å². The maximum Gasteiger partial charge on any atom is 0.328 e. The highest BCUT2D eigenvalue weighted by atomic mass is 35.5. The first-order valence-electron chi connectivity index (χ1n) is 11.0. The molecular formula is C27H20Cl2F2N2O4. The number of carbonyl (C=O) groups excluding carboxylic acids is 2. The summed E-state index contributed by atoms with van der Waals surface area (Å²) in [5, 5.41) is 3.50. The highest BCUT2D eigenvalue weighted by Crippen LogP contribution is 2.38. The number of halogens is 4. The summed E-state index contributed by atoms with van der Waals surface area (Å²) >= 11 is 12.3. The zero-order valence-corrected chi connectivity index (χ0v) is 21.2. The number of carbonyl (C=O) groups is 2. The fraction of sp³-hybridized carbons (Fsp3) is 0.148. The number of amides is 1. The van der Waals surface area contributed by atoms with Gasteiger partial charge in [0, 0.05) is 23.6 Å². The van der Waals surface area contributed by atoms with Crippen LogP contribution in [-0.2, 0) is 16.0 Å². The van der Waals surface area contributed by atoms with E-state index in [1.807, 2.05) is 0 Å². The number of aromatic nitrogens is 1. The number of methoxy groups -OCH3 is 2. The fourth-order valence-corrected chi connectivity index (χ4v) is 4.64. The molecule has 1 amide bonds. The Morgan fingerprint density at radius 2 is 1.68 bits per heavy atom. The lowest BCUT2D eigenvalue weighted by Crippen LogP contribution is -2.43. The predicted octanol–water partition coefficient (Wildman–Crippen LogP) is 6.01. The van der Waals surface area contributed by atoms with E-state index in [-0.39, 0.29) is 27.8 Å². The summed E-state index contributed by atoms with van der Waals surface area (Å²) in [4.78, 5) is 30.0. The van der Waals surface area contributed by atoms with Crippen LogP contribution in [0.15, 0.2) is 60.8 Å². The molecule has 0 fully saturated rings. The van der Waals surface area contributed by atoms with E-state index in [1.54, 1.807) is 36.5 Å². The van der Waals surface area contributed by atoms with Gasteiger partial charge in [0.25, 0.3) is 5.91 Å². The largest absolute Gasteiger partial charge is 0.493 e. The standard InChI is InChI=1S/C27H20Cl2F2N2O4/c1-36-25-17(10-11-20(30)23(25)31)15-9-8-14(24-16(15)5-4-12-32-24)13-21(27(35)37-2)33-26(34)22-18(28)6-3-7-19(22)29/h3-12,21H,13H2,1-2H3,(H,33,34)/t21-/m0/s1. The predicted molar refractivity (Wildman–Crippen MR) is 137 cm³/mol. The summed E-state index contributed by atoms with van der Waals surface area (Å²) in [6.07, 6.45) is 1.58. The van der Waals surface area contributed by atoms with Crippen molar-refractivity contribution < 1.29 is 27.8 Å². The number of hydrogen-bond donors (Lipinski definition) is 1. The Balaban J connectivity index is 1.75. The number of nitrogens with one attached hydrogen (secondary N) is 1. The lowest BCUT2D eigenvalue weighted by Gasteiger charge is -2.19. The van der Waals surface area contributed by atoms with Crippen molar-refractivity contribution in [3.63, 3.8) is 0 Å². The summed E-state index contributed by atoms with van der Waals surface area (Å²) in [6.45, 7) is 0. The Kier molecular flexibility index (Phi) is 7.90. The maximum absolute atomic E-state index is 14.4. The van der Waals surface area contributed by atoms with Crippen molar-refractivity contribution in [2.24, 2.45) is 0 Å². The number of benzene rings is 3. The van der Waals surface area contributed by atoms with Gasteiger partial charge in [-0.3, -0.25) is 9.78 Å². The number of pyridine rings is 1. The molecule has 0 aliphatic carbocycles. The summed E-state index contributed by atoms with van der Waals surface area (Å²) < 4.78 is 38.3. The third-order valence-corrected chi connectivity index (χ3v) is 6.43. The summed E-state index contributed by atoms with van der Waals surface area (Å²) in [5.41, 5.74) is 2.00. The minimum absolute atomic E-state index is 0.0171. The van der Waals surface area contributed by atoms with Gasteiger partial charge in [-0.05, 0) is 41.5 Å². The highest BCUT2D eigenvalue weighted by molar-refractivity contribution is 6.39. The average Bonchev–Trinajstić information content (AvgIpc) is 2.89. The van der Waals surface area contributed by atoms with Crippen LogP contribution in [0.5, 0.6) is 5.75 Å². The topological polar surface area (TPSA) is 77.5 Å². The Bertz CT molecular complexity index is 1490. The molecule has 1 heterocycles. The molecule has 0 unspecified atom stereocenters. The van der Waals surface area contributed by atoms with E-state index < -0.39 is 29.6 Å². The van der Waals surface area contributed by atoms with Gasteiger partial charge in [-0.15, -0.1) is 0 Å². The van der Waals surface area contributed by atoms with Crippen LogP contribution in [0.3, 0.4) is 0 Å². The summed E-state index contributed by atoms with van der Waals surface area (Å²) in [7, 11) is 2.46. The van der Waals surface area contributed by atoms with Gasteiger partial charge in [-0.25, -0.2) is 9.18 Å². The Labute approximate surface area is 221 Å². The normalized spacial score (nSPS) is 11.7. The number of nitrogens with zero attached hydrogens (tertiary/aromatic N) is 1. The molecule has 0 spiro atoms. The second-order valence-electron chi connectivity index (χ2n) is 7.96. The minimum Gasteiger partial charge on any atom is -0.493 e. The molecule has 3 aromatic carbocycles. The van der Waals surface area contributed by atoms with Crippen molar-refractivity contribution >= 4 is 46.0 Å². The molecule has 0 saturated carbocycles. The van der Waals surface area contributed by atoms with Gasteiger partial charge in [-0.2, -0.15) is 4.39 Å². The Morgan fingerprint density at radius 1 is 0.973 bits per heavy atom. The van der Waals surface area contributed by atoms with Crippen molar-refractivity contribution in [3.05, 3.63) is 93.6 Å². The Hall–Kier alpha value is -3.75. The highest BCUT2D eigenvalue weighted by Gasteiger charge is 2.26. The molecule has 6 nitrogen and oxygen atoms in total. The van der Waals surface area contributed by atoms with Crippen LogP contribution in [0.4, 0.5) is 8.78 Å². The molecule has 0 radical (unpaired) electrons. The molecule has 37 heavy (non-hydrogen) atoms. The van der Waals surface area contributed by atoms with Gasteiger partial charge in [0.15, 0.2) is 11.6 Å². The monoisotopic (exact) mass is 544 g/mol. The van der Waals surface area contributed by atoms with E-state index in [4.69, 9.17) is 32.7 Å². The molecule has 1 aromatic heterocycles. The first kappa shape index (κ1) is 26.3. The second kappa shape index (κ2) is 11.1. The zero-order chi connectivity index (χ0) is 26.7. The fourth-order valence-electron chi connectivity index (χ4n) is 4.08. The molecule has 0 aliphatic rings. The van der Waals surface area contributed by atoms with Gasteiger partial charge >= 0.3 is 5.97 Å². The molecule has 0 aliphatic heterocycles. The number of hydrogen-bond acceptors (Lipinski definition) is 5. The first-order chi connectivity index (χ1) is 17.8. The van der Waals surface area contributed by atoms with E-state index in [1.165, 1.54) is 32.4 Å². The van der Waals surface area contributed by atoms with E-state index >= 15 is 0 Å². The van der Waals surface area contributed by atoms with Crippen LogP contribution in [-0.4, -0.2) is 37.1 Å². The lowest BCUT2D eigenvalue weighted by molar-refractivity contribution is -0.142. The van der Waals surface area contributed by atoms with Crippen LogP contribution in [0, 0.1) is 11.6 Å². The van der Waals surface area contributed by atoms with Crippen LogP contribution in [0.2, 0.25) is 10.0 Å². The third kappa shape index (κ3) is 5.21. The van der Waals surface area contributed by atoms with Gasteiger partial charge in [0.05, 0.1) is 35.3 Å². The number of rotatable bonds is 7. The maximum atomic E-state index is 14.4. The van der Waals surface area contributed by atoms with Crippen LogP contribution >= 0.6 is 23.2 Å². The second-order valence-corrected chi connectivity index (χ2v) is 8.78. The van der Waals surface area contributed by atoms with Gasteiger partial charge < -0.3 is 14.8 Å². The SMILES string of the molecule is COC(=O)[C@H](Cc1ccc(-c2ccc(F)c(F)c2OC)c2cccnc12)NC(=O)c1c(Cl)cccc1Cl. The van der Waals surface area contributed by atoms with Crippen molar-refractivity contribution in [2.75, 3.05) is 14.2 Å². The van der Waals surface area contributed by atoms with Crippen molar-refractivity contribution in [2.45, 2.75) is 12.5 Å². The molecule has 4 aromatic rings. The van der Waals surface area contributed by atoms with Crippen LogP contribution in [0.1, 0.15) is 15.9 Å². The van der Waals surface area contributed by atoms with Gasteiger partial charge in [-0.1, -0.05) is 47.5 Å². The number of fused-ring (bicyclic) bond motifs is 1. The first-order valence-corrected chi connectivity index (χ1v) is 11.7. The molecule has 0 saturated heterocycles. The molecule has 1 N–H and O–H groups in total.